The first-order chi connectivity index (χ1) is 13.2. The highest BCUT2D eigenvalue weighted by Crippen LogP contribution is 2.15. The molecule has 2 N–H and O–H groups in total. The zero-order valence-corrected chi connectivity index (χ0v) is 18.0. The Bertz CT molecular complexity index is 722. The maximum Gasteiger partial charge on any atom is 0.305 e. The third-order valence-corrected chi connectivity index (χ3v) is 4.85. The number of amides is 1. The van der Waals surface area contributed by atoms with E-state index in [0.29, 0.717) is 13.0 Å². The third kappa shape index (κ3) is 6.80. The molecule has 0 saturated heterocycles. The number of aliphatic carboxylic acids is 1. The molecule has 0 aliphatic carbocycles. The summed E-state index contributed by atoms with van der Waals surface area (Å²) >= 11 is 0. The van der Waals surface area contributed by atoms with Crippen molar-refractivity contribution in [1.82, 2.24) is 9.88 Å². The summed E-state index contributed by atoms with van der Waals surface area (Å²) in [4.78, 5) is 37.1. The second-order valence-electron chi connectivity index (χ2n) is 7.84. The van der Waals surface area contributed by atoms with Crippen molar-refractivity contribution in [3.05, 3.63) is 33.2 Å². The number of aromatic nitrogens is 1. The molecule has 158 valence electrons. The number of nitrogens with zero attached hydrogens (tertiary/aromatic N) is 1. The van der Waals surface area contributed by atoms with Crippen LogP contribution < -0.4 is 10.9 Å². The molecular formula is C22H36N2O4. The van der Waals surface area contributed by atoms with Crippen LogP contribution in [0.1, 0.15) is 88.3 Å². The maximum atomic E-state index is 13.1. The second-order valence-corrected chi connectivity index (χ2v) is 7.84. The third-order valence-electron chi connectivity index (χ3n) is 4.85. The van der Waals surface area contributed by atoms with Crippen LogP contribution in [0.5, 0.6) is 0 Å². The molecule has 0 radical (unpaired) electrons. The SMILES string of the molecule is CCCCn1c(CCC)c(CC)cc(C(=O)NC(CC(=O)O)CC(C)C)c1=O. The molecule has 1 heterocycles. The van der Waals surface area contributed by atoms with E-state index < -0.39 is 17.9 Å². The van der Waals surface area contributed by atoms with Gasteiger partial charge in [-0.05, 0) is 43.2 Å². The fraction of sp³-hybridized carbons (Fsp3) is 0.682. The molecule has 28 heavy (non-hydrogen) atoms. The van der Waals surface area contributed by atoms with Crippen molar-refractivity contribution >= 4 is 11.9 Å². The molecule has 0 fully saturated rings. The monoisotopic (exact) mass is 392 g/mol. The molecule has 1 aromatic heterocycles. The molecule has 1 atom stereocenters. The number of nitrogens with one attached hydrogen (secondary N) is 1. The highest BCUT2D eigenvalue weighted by atomic mass is 16.4. The lowest BCUT2D eigenvalue weighted by atomic mass is 10.00. The van der Waals surface area contributed by atoms with Crippen molar-refractivity contribution in [3.63, 3.8) is 0 Å². The smallest absolute Gasteiger partial charge is 0.305 e. The Labute approximate surface area is 168 Å². The lowest BCUT2D eigenvalue weighted by molar-refractivity contribution is -0.137. The number of rotatable bonds is 12. The van der Waals surface area contributed by atoms with Gasteiger partial charge >= 0.3 is 5.97 Å². The fourth-order valence-electron chi connectivity index (χ4n) is 3.55. The van der Waals surface area contributed by atoms with Crippen LogP contribution in [-0.2, 0) is 24.2 Å². The molecule has 0 aliphatic heterocycles. The summed E-state index contributed by atoms with van der Waals surface area (Å²) in [6.07, 6.45) is 4.72. The Kier molecular flexibility index (Phi) is 9.97. The molecule has 0 spiro atoms. The quantitative estimate of drug-likeness (QED) is 0.566. The van der Waals surface area contributed by atoms with E-state index >= 15 is 0 Å². The molecule has 6 heteroatoms. The Hall–Kier alpha value is -2.11. The van der Waals surface area contributed by atoms with Crippen molar-refractivity contribution in [2.45, 2.75) is 92.2 Å². The number of hydrogen-bond acceptors (Lipinski definition) is 3. The Morgan fingerprint density at radius 2 is 1.86 bits per heavy atom. The Morgan fingerprint density at radius 1 is 1.18 bits per heavy atom. The number of carboxylic acids is 1. The van der Waals surface area contributed by atoms with E-state index in [2.05, 4.69) is 19.2 Å². The summed E-state index contributed by atoms with van der Waals surface area (Å²) in [6.45, 7) is 10.7. The lowest BCUT2D eigenvalue weighted by Gasteiger charge is -2.21. The molecule has 1 unspecified atom stereocenters. The number of unbranched alkanes of at least 4 members (excludes halogenated alkanes) is 1. The average molecular weight is 393 g/mol. The summed E-state index contributed by atoms with van der Waals surface area (Å²) in [5.41, 5.74) is 1.88. The van der Waals surface area contributed by atoms with Crippen LogP contribution in [0.25, 0.3) is 0 Å². The molecule has 0 aromatic carbocycles. The summed E-state index contributed by atoms with van der Waals surface area (Å²) < 4.78 is 1.76. The van der Waals surface area contributed by atoms with Crippen LogP contribution in [0.15, 0.2) is 10.9 Å². The molecule has 1 amide bonds. The van der Waals surface area contributed by atoms with E-state index in [9.17, 15) is 14.4 Å². The first-order valence-electron chi connectivity index (χ1n) is 10.5. The molecule has 0 saturated carbocycles. The van der Waals surface area contributed by atoms with Crippen LogP contribution in [0, 0.1) is 5.92 Å². The van der Waals surface area contributed by atoms with Gasteiger partial charge in [-0.3, -0.25) is 14.4 Å². The number of carboxylic acid groups (broad SMARTS) is 1. The van der Waals surface area contributed by atoms with Crippen molar-refractivity contribution < 1.29 is 14.7 Å². The Balaban J connectivity index is 3.31. The van der Waals surface area contributed by atoms with Crippen molar-refractivity contribution in [3.8, 4) is 0 Å². The summed E-state index contributed by atoms with van der Waals surface area (Å²) in [7, 11) is 0. The van der Waals surface area contributed by atoms with Gasteiger partial charge in [-0.1, -0.05) is 47.5 Å². The normalized spacial score (nSPS) is 12.2. The second kappa shape index (κ2) is 11.7. The van der Waals surface area contributed by atoms with Crippen LogP contribution in [0.3, 0.4) is 0 Å². The van der Waals surface area contributed by atoms with Crippen LogP contribution in [0.4, 0.5) is 0 Å². The van der Waals surface area contributed by atoms with E-state index in [-0.39, 0.29) is 23.5 Å². The predicted molar refractivity (Wildman–Crippen MR) is 112 cm³/mol. The van der Waals surface area contributed by atoms with Gasteiger partial charge in [-0.2, -0.15) is 0 Å². The summed E-state index contributed by atoms with van der Waals surface area (Å²) in [6, 6.07) is 1.21. The number of pyridine rings is 1. The number of carbonyl (C=O) groups excluding carboxylic acids is 1. The fourth-order valence-corrected chi connectivity index (χ4v) is 3.55. The topological polar surface area (TPSA) is 88.4 Å². The highest BCUT2D eigenvalue weighted by molar-refractivity contribution is 5.94. The highest BCUT2D eigenvalue weighted by Gasteiger charge is 2.22. The molecule has 0 aliphatic rings. The van der Waals surface area contributed by atoms with E-state index in [4.69, 9.17) is 5.11 Å². The largest absolute Gasteiger partial charge is 0.481 e. The van der Waals surface area contributed by atoms with Gasteiger partial charge in [0.2, 0.25) is 0 Å². The van der Waals surface area contributed by atoms with Crippen molar-refractivity contribution in [1.29, 1.82) is 0 Å². The van der Waals surface area contributed by atoms with E-state index in [1.165, 1.54) is 0 Å². The van der Waals surface area contributed by atoms with Crippen LogP contribution in [0.2, 0.25) is 0 Å². The minimum absolute atomic E-state index is 0.118. The van der Waals surface area contributed by atoms with Gasteiger partial charge in [-0.25, -0.2) is 0 Å². The molecule has 1 rings (SSSR count). The minimum atomic E-state index is -0.959. The van der Waals surface area contributed by atoms with Crippen LogP contribution in [-0.4, -0.2) is 27.6 Å². The van der Waals surface area contributed by atoms with Gasteiger partial charge in [0.25, 0.3) is 11.5 Å². The average Bonchev–Trinajstić information content (AvgIpc) is 2.60. The van der Waals surface area contributed by atoms with Gasteiger partial charge in [0, 0.05) is 18.3 Å². The number of carbonyl (C=O) groups is 2. The van der Waals surface area contributed by atoms with Crippen molar-refractivity contribution in [2.24, 2.45) is 5.92 Å². The minimum Gasteiger partial charge on any atom is -0.481 e. The summed E-state index contributed by atoms with van der Waals surface area (Å²) in [5.74, 6) is -1.19. The number of aryl methyl sites for hydroxylation is 1. The van der Waals surface area contributed by atoms with Gasteiger partial charge < -0.3 is 15.0 Å². The zero-order valence-electron chi connectivity index (χ0n) is 18.0. The zero-order chi connectivity index (χ0) is 21.3. The van der Waals surface area contributed by atoms with Gasteiger partial charge in [0.05, 0.1) is 6.42 Å². The molecule has 6 nitrogen and oxygen atoms in total. The first kappa shape index (κ1) is 23.9. The lowest BCUT2D eigenvalue weighted by Crippen LogP contribution is -2.41. The maximum absolute atomic E-state index is 13.1. The molecule has 1 aromatic rings. The standard InChI is InChI=1S/C22H36N2O4/c1-6-9-11-24-19(10-7-2)16(8-3)13-18(22(24)28)21(27)23-17(12-15(4)5)14-20(25)26/h13,15,17H,6-12,14H2,1-5H3,(H,23,27)(H,25,26). The van der Waals surface area contributed by atoms with Crippen LogP contribution >= 0.6 is 0 Å². The predicted octanol–water partition coefficient (Wildman–Crippen LogP) is 3.78. The first-order valence-corrected chi connectivity index (χ1v) is 10.5. The molecule has 0 bridgehead atoms. The van der Waals surface area contributed by atoms with E-state index in [1.807, 2.05) is 20.8 Å². The van der Waals surface area contributed by atoms with Crippen molar-refractivity contribution in [2.75, 3.05) is 0 Å². The van der Waals surface area contributed by atoms with E-state index in [0.717, 1.165) is 43.4 Å². The van der Waals surface area contributed by atoms with E-state index in [1.54, 1.807) is 10.6 Å². The molecular weight excluding hydrogens is 356 g/mol. The summed E-state index contributed by atoms with van der Waals surface area (Å²) in [5, 5.41) is 11.9. The Morgan fingerprint density at radius 3 is 2.36 bits per heavy atom. The van der Waals surface area contributed by atoms with Gasteiger partial charge in [0.1, 0.15) is 5.56 Å². The number of hydrogen-bond donors (Lipinski definition) is 2. The van der Waals surface area contributed by atoms with Gasteiger partial charge in [-0.15, -0.1) is 0 Å². The van der Waals surface area contributed by atoms with Gasteiger partial charge in [0.15, 0.2) is 0 Å².